The van der Waals surface area contributed by atoms with Crippen molar-refractivity contribution in [2.45, 2.75) is 71.8 Å². The molecule has 2 saturated heterocycles. The SMILES string of the molecule is CC12CCC(C(=O)N(CC#CCN3CCN(C4CCCCC4)CC3)C1=O)C2(C)C. The van der Waals surface area contributed by atoms with Gasteiger partial charge in [-0.1, -0.05) is 51.9 Å². The number of carbonyl (C=O) groups is 2. The molecule has 0 radical (unpaired) electrons. The summed E-state index contributed by atoms with van der Waals surface area (Å²) < 4.78 is 0. The first-order chi connectivity index (χ1) is 13.8. The highest BCUT2D eigenvalue weighted by molar-refractivity contribution is 6.04. The molecule has 2 saturated carbocycles. The smallest absolute Gasteiger partial charge is 0.236 e. The van der Waals surface area contributed by atoms with E-state index < -0.39 is 5.41 Å². The Bertz CT molecular complexity index is 707. The Labute approximate surface area is 176 Å². The van der Waals surface area contributed by atoms with E-state index >= 15 is 0 Å². The molecule has 4 rings (SSSR count). The maximum Gasteiger partial charge on any atom is 0.236 e. The van der Waals surface area contributed by atoms with Crippen LogP contribution in [0.4, 0.5) is 0 Å². The maximum absolute atomic E-state index is 13.0. The van der Waals surface area contributed by atoms with Gasteiger partial charge >= 0.3 is 0 Å². The summed E-state index contributed by atoms with van der Waals surface area (Å²) in [6.07, 6.45) is 8.56. The van der Waals surface area contributed by atoms with E-state index in [1.54, 1.807) is 0 Å². The zero-order valence-corrected chi connectivity index (χ0v) is 18.5. The van der Waals surface area contributed by atoms with Crippen molar-refractivity contribution in [3.63, 3.8) is 0 Å². The van der Waals surface area contributed by atoms with E-state index in [4.69, 9.17) is 0 Å². The van der Waals surface area contributed by atoms with Gasteiger partial charge in [0.1, 0.15) is 0 Å². The number of amides is 2. The van der Waals surface area contributed by atoms with Crippen LogP contribution in [0.5, 0.6) is 0 Å². The normalized spacial score (nSPS) is 33.6. The molecule has 160 valence electrons. The van der Waals surface area contributed by atoms with Crippen LogP contribution in [0.1, 0.15) is 65.7 Å². The summed E-state index contributed by atoms with van der Waals surface area (Å²) in [5, 5.41) is 0. The Hall–Kier alpha value is -1.38. The molecule has 5 nitrogen and oxygen atoms in total. The number of hydrogen-bond donors (Lipinski definition) is 0. The van der Waals surface area contributed by atoms with Crippen LogP contribution >= 0.6 is 0 Å². The largest absolute Gasteiger partial charge is 0.298 e. The van der Waals surface area contributed by atoms with Gasteiger partial charge < -0.3 is 0 Å². The molecule has 5 heteroatoms. The van der Waals surface area contributed by atoms with Gasteiger partial charge in [-0.15, -0.1) is 0 Å². The van der Waals surface area contributed by atoms with E-state index in [9.17, 15) is 9.59 Å². The second-order valence-corrected chi connectivity index (χ2v) is 10.3. The fourth-order valence-corrected chi connectivity index (χ4v) is 6.09. The van der Waals surface area contributed by atoms with E-state index in [2.05, 4.69) is 35.5 Å². The standard InChI is InChI=1S/C24H37N3O2/c1-23(2)20-11-12-24(23,3)22(29)27(21(20)28)14-8-7-13-25-15-17-26(18-16-25)19-9-5-4-6-10-19/h19-20H,4-6,9-18H2,1-3H3. The predicted molar refractivity (Wildman–Crippen MR) is 114 cm³/mol. The van der Waals surface area contributed by atoms with Crippen LogP contribution in [0.2, 0.25) is 0 Å². The van der Waals surface area contributed by atoms with E-state index in [0.29, 0.717) is 0 Å². The number of piperazine rings is 1. The van der Waals surface area contributed by atoms with Crippen molar-refractivity contribution in [1.29, 1.82) is 0 Å². The Morgan fingerprint density at radius 2 is 1.55 bits per heavy atom. The van der Waals surface area contributed by atoms with Gasteiger partial charge in [0.05, 0.1) is 18.5 Å². The molecular weight excluding hydrogens is 362 g/mol. The van der Waals surface area contributed by atoms with Crippen molar-refractivity contribution in [2.24, 2.45) is 16.7 Å². The van der Waals surface area contributed by atoms with Gasteiger partial charge in [-0.25, -0.2) is 0 Å². The summed E-state index contributed by atoms with van der Waals surface area (Å²) in [6, 6.07) is 0.800. The lowest BCUT2D eigenvalue weighted by Crippen LogP contribution is -2.59. The van der Waals surface area contributed by atoms with Crippen LogP contribution in [0.25, 0.3) is 0 Å². The highest BCUT2D eigenvalue weighted by Crippen LogP contribution is 2.59. The van der Waals surface area contributed by atoms with Gasteiger partial charge in [0.2, 0.25) is 11.8 Å². The number of rotatable bonds is 3. The fourth-order valence-electron chi connectivity index (χ4n) is 6.09. The van der Waals surface area contributed by atoms with Crippen molar-refractivity contribution in [1.82, 2.24) is 14.7 Å². The second-order valence-electron chi connectivity index (χ2n) is 10.3. The fraction of sp³-hybridized carbons (Fsp3) is 0.833. The Morgan fingerprint density at radius 1 is 0.897 bits per heavy atom. The lowest BCUT2D eigenvalue weighted by atomic mass is 9.62. The minimum absolute atomic E-state index is 0.00892. The van der Waals surface area contributed by atoms with Crippen LogP contribution in [0.3, 0.4) is 0 Å². The molecule has 2 amide bonds. The first-order valence-corrected chi connectivity index (χ1v) is 11.6. The molecule has 2 aliphatic carbocycles. The molecule has 4 fully saturated rings. The van der Waals surface area contributed by atoms with Crippen molar-refractivity contribution in [2.75, 3.05) is 39.3 Å². The molecule has 0 aromatic carbocycles. The maximum atomic E-state index is 13.0. The molecule has 2 aliphatic heterocycles. The second kappa shape index (κ2) is 8.04. The Balaban J connectivity index is 1.27. The third-order valence-corrected chi connectivity index (χ3v) is 8.67. The van der Waals surface area contributed by atoms with Gasteiger partial charge in [-0.3, -0.25) is 24.3 Å². The number of imide groups is 1. The average molecular weight is 400 g/mol. The zero-order valence-electron chi connectivity index (χ0n) is 18.5. The molecule has 2 heterocycles. The number of fused-ring (bicyclic) bond motifs is 2. The van der Waals surface area contributed by atoms with E-state index in [1.807, 2.05) is 6.92 Å². The monoisotopic (exact) mass is 399 g/mol. The molecule has 2 atom stereocenters. The van der Waals surface area contributed by atoms with Crippen molar-refractivity contribution >= 4 is 11.8 Å². The average Bonchev–Trinajstić information content (AvgIpc) is 2.92. The van der Waals surface area contributed by atoms with Crippen LogP contribution in [-0.4, -0.2) is 71.8 Å². The molecule has 4 aliphatic rings. The summed E-state index contributed by atoms with van der Waals surface area (Å²) in [7, 11) is 0. The van der Waals surface area contributed by atoms with Crippen LogP contribution < -0.4 is 0 Å². The highest BCUT2D eigenvalue weighted by atomic mass is 16.2. The van der Waals surface area contributed by atoms with Gasteiger partial charge in [0.15, 0.2) is 0 Å². The van der Waals surface area contributed by atoms with Gasteiger partial charge in [-0.05, 0) is 31.1 Å². The van der Waals surface area contributed by atoms with Crippen molar-refractivity contribution in [3.8, 4) is 11.8 Å². The summed E-state index contributed by atoms with van der Waals surface area (Å²) in [5.74, 6) is 6.30. The summed E-state index contributed by atoms with van der Waals surface area (Å²) in [5.41, 5.74) is -0.675. The number of piperidine rings is 1. The summed E-state index contributed by atoms with van der Waals surface area (Å²) in [6.45, 7) is 11.6. The number of hydrogen-bond acceptors (Lipinski definition) is 4. The van der Waals surface area contributed by atoms with E-state index in [0.717, 1.165) is 51.6 Å². The predicted octanol–water partition coefficient (Wildman–Crippen LogP) is 2.75. The third-order valence-electron chi connectivity index (χ3n) is 8.67. The van der Waals surface area contributed by atoms with Crippen molar-refractivity contribution in [3.05, 3.63) is 0 Å². The highest BCUT2D eigenvalue weighted by Gasteiger charge is 2.64. The molecule has 2 bridgehead atoms. The first kappa shape index (κ1) is 20.9. The van der Waals surface area contributed by atoms with Gasteiger partial charge in [-0.2, -0.15) is 0 Å². The molecular formula is C24H37N3O2. The van der Waals surface area contributed by atoms with Gasteiger partial charge in [0.25, 0.3) is 0 Å². The lowest BCUT2D eigenvalue weighted by Gasteiger charge is -2.47. The molecule has 0 aromatic heterocycles. The van der Waals surface area contributed by atoms with E-state index in [-0.39, 0.29) is 29.7 Å². The molecule has 29 heavy (non-hydrogen) atoms. The topological polar surface area (TPSA) is 43.9 Å². The van der Waals surface area contributed by atoms with Crippen LogP contribution in [0, 0.1) is 28.6 Å². The Kier molecular flexibility index (Phi) is 5.79. The molecule has 2 unspecified atom stereocenters. The number of likely N-dealkylation sites (tertiary alicyclic amines) is 1. The minimum atomic E-state index is -0.428. The zero-order chi connectivity index (χ0) is 20.6. The van der Waals surface area contributed by atoms with Crippen LogP contribution in [0.15, 0.2) is 0 Å². The third kappa shape index (κ3) is 3.64. The minimum Gasteiger partial charge on any atom is -0.298 e. The summed E-state index contributed by atoms with van der Waals surface area (Å²) >= 11 is 0. The first-order valence-electron chi connectivity index (χ1n) is 11.6. The molecule has 0 aromatic rings. The number of nitrogens with zero attached hydrogens (tertiary/aromatic N) is 3. The molecule has 0 spiro atoms. The quantitative estimate of drug-likeness (QED) is 0.541. The lowest BCUT2D eigenvalue weighted by molar-refractivity contribution is -0.166. The van der Waals surface area contributed by atoms with Gasteiger partial charge in [0, 0.05) is 38.1 Å². The van der Waals surface area contributed by atoms with E-state index in [1.165, 1.54) is 37.0 Å². The number of carbonyl (C=O) groups excluding carboxylic acids is 2. The summed E-state index contributed by atoms with van der Waals surface area (Å²) in [4.78, 5) is 32.4. The van der Waals surface area contributed by atoms with Crippen molar-refractivity contribution < 1.29 is 9.59 Å². The van der Waals surface area contributed by atoms with Crippen LogP contribution in [-0.2, 0) is 9.59 Å². The molecule has 0 N–H and O–H groups in total. The Morgan fingerprint density at radius 3 is 2.24 bits per heavy atom.